The van der Waals surface area contributed by atoms with E-state index in [-0.39, 0.29) is 22.4 Å². The van der Waals surface area contributed by atoms with Crippen molar-refractivity contribution in [3.05, 3.63) is 88.0 Å². The van der Waals surface area contributed by atoms with Crippen LogP contribution in [0.3, 0.4) is 0 Å². The molecule has 0 bridgehead atoms. The Kier molecular flexibility index (Phi) is 6.23. The molecule has 0 spiro atoms. The van der Waals surface area contributed by atoms with E-state index in [0.29, 0.717) is 19.5 Å². The maximum atomic E-state index is 13.9. The van der Waals surface area contributed by atoms with Crippen molar-refractivity contribution in [2.24, 2.45) is 0 Å². The average Bonchev–Trinajstić information content (AvgIpc) is 3.21. The Bertz CT molecular complexity index is 1070. The Balaban J connectivity index is 1.58. The van der Waals surface area contributed by atoms with Crippen LogP contribution in [-0.2, 0) is 6.54 Å². The van der Waals surface area contributed by atoms with Gasteiger partial charge in [-0.3, -0.25) is 14.4 Å². The molecule has 3 aromatic rings. The number of aromatic nitrogens is 1. The number of aryl methyl sites for hydroxylation is 1. The summed E-state index contributed by atoms with van der Waals surface area (Å²) in [6, 6.07) is 10.1. The molecule has 2 N–H and O–H groups in total. The molecule has 0 aliphatic rings. The second-order valence-electron chi connectivity index (χ2n) is 6.46. The number of anilines is 1. The Morgan fingerprint density at radius 1 is 1.10 bits per heavy atom. The van der Waals surface area contributed by atoms with Gasteiger partial charge in [0.2, 0.25) is 0 Å². The van der Waals surface area contributed by atoms with E-state index in [1.54, 1.807) is 10.6 Å². The molecule has 0 unspecified atom stereocenters. The quantitative estimate of drug-likeness (QED) is 0.600. The summed E-state index contributed by atoms with van der Waals surface area (Å²) in [5.41, 5.74) is 1.27. The van der Waals surface area contributed by atoms with Gasteiger partial charge in [-0.25, -0.2) is 4.39 Å². The zero-order valence-corrected chi connectivity index (χ0v) is 15.8. The molecule has 0 atom stereocenters. The predicted molar refractivity (Wildman–Crippen MR) is 105 cm³/mol. The van der Waals surface area contributed by atoms with Crippen molar-refractivity contribution in [3.8, 4) is 0 Å². The molecule has 2 heterocycles. The average molecular weight is 397 g/mol. The monoisotopic (exact) mass is 397 g/mol. The van der Waals surface area contributed by atoms with Crippen LogP contribution < -0.4 is 16.2 Å². The smallest absolute Gasteiger partial charge is 0.258 e. The zero-order chi connectivity index (χ0) is 20.8. The first-order valence-electron chi connectivity index (χ1n) is 9.03. The standard InChI is InChI=1S/C21H20FN3O4/c1-14-4-2-5-19(26)25(14)8-3-7-23-20(27)16-10-17(22)12-18(11-16)24-21(28)15-6-9-29-13-15/h2,4-6,9-13H,3,7-8H2,1H3,(H,23,27)(H,24,28). The third kappa shape index (κ3) is 5.19. The van der Waals surface area contributed by atoms with Gasteiger partial charge in [0.25, 0.3) is 17.4 Å². The van der Waals surface area contributed by atoms with Gasteiger partial charge in [0, 0.05) is 36.1 Å². The van der Waals surface area contributed by atoms with Crippen molar-refractivity contribution in [1.29, 1.82) is 0 Å². The van der Waals surface area contributed by atoms with Crippen molar-refractivity contribution < 1.29 is 18.4 Å². The number of nitrogens with one attached hydrogen (secondary N) is 2. The summed E-state index contributed by atoms with van der Waals surface area (Å²) in [7, 11) is 0. The molecular formula is C21H20FN3O4. The summed E-state index contributed by atoms with van der Waals surface area (Å²) in [4.78, 5) is 36.2. The second kappa shape index (κ2) is 9.01. The molecule has 2 amide bonds. The Morgan fingerprint density at radius 2 is 1.93 bits per heavy atom. The van der Waals surface area contributed by atoms with E-state index in [4.69, 9.17) is 4.42 Å². The first-order valence-corrected chi connectivity index (χ1v) is 9.03. The topological polar surface area (TPSA) is 93.3 Å². The van der Waals surface area contributed by atoms with Crippen LogP contribution in [0.25, 0.3) is 0 Å². The number of nitrogens with zero attached hydrogens (tertiary/aromatic N) is 1. The Labute approximate surface area is 166 Å². The number of hydrogen-bond acceptors (Lipinski definition) is 4. The van der Waals surface area contributed by atoms with Crippen LogP contribution in [0.15, 0.2) is 64.2 Å². The minimum atomic E-state index is -0.647. The van der Waals surface area contributed by atoms with E-state index in [9.17, 15) is 18.8 Å². The maximum Gasteiger partial charge on any atom is 0.258 e. The Hall–Kier alpha value is -3.68. The first kappa shape index (κ1) is 20.1. The number of furan rings is 1. The van der Waals surface area contributed by atoms with Crippen LogP contribution in [0.5, 0.6) is 0 Å². The van der Waals surface area contributed by atoms with Crippen molar-refractivity contribution in [2.75, 3.05) is 11.9 Å². The molecule has 0 aliphatic heterocycles. The number of carbonyl (C=O) groups excluding carboxylic acids is 2. The fourth-order valence-electron chi connectivity index (χ4n) is 2.84. The fourth-order valence-corrected chi connectivity index (χ4v) is 2.84. The van der Waals surface area contributed by atoms with Gasteiger partial charge in [0.05, 0.1) is 11.8 Å². The largest absolute Gasteiger partial charge is 0.472 e. The molecule has 0 radical (unpaired) electrons. The number of benzene rings is 1. The van der Waals surface area contributed by atoms with E-state index in [0.717, 1.165) is 17.8 Å². The molecule has 1 aromatic carbocycles. The summed E-state index contributed by atoms with van der Waals surface area (Å²) < 4.78 is 20.4. The number of rotatable bonds is 7. The maximum absolute atomic E-state index is 13.9. The lowest BCUT2D eigenvalue weighted by atomic mass is 10.1. The molecule has 0 saturated carbocycles. The molecule has 29 heavy (non-hydrogen) atoms. The zero-order valence-electron chi connectivity index (χ0n) is 15.8. The SMILES string of the molecule is Cc1cccc(=O)n1CCCNC(=O)c1cc(F)cc(NC(=O)c2ccoc2)c1. The van der Waals surface area contributed by atoms with Crippen LogP contribution in [-0.4, -0.2) is 22.9 Å². The summed E-state index contributed by atoms with van der Waals surface area (Å²) >= 11 is 0. The first-order chi connectivity index (χ1) is 13.9. The lowest BCUT2D eigenvalue weighted by Crippen LogP contribution is -2.27. The van der Waals surface area contributed by atoms with Gasteiger partial charge >= 0.3 is 0 Å². The van der Waals surface area contributed by atoms with Gasteiger partial charge in [-0.2, -0.15) is 0 Å². The number of halogens is 1. The van der Waals surface area contributed by atoms with Crippen molar-refractivity contribution in [3.63, 3.8) is 0 Å². The lowest BCUT2D eigenvalue weighted by Gasteiger charge is -2.11. The Morgan fingerprint density at radius 3 is 2.66 bits per heavy atom. The van der Waals surface area contributed by atoms with Crippen LogP contribution >= 0.6 is 0 Å². The lowest BCUT2D eigenvalue weighted by molar-refractivity contribution is 0.0950. The summed E-state index contributed by atoms with van der Waals surface area (Å²) in [6.07, 6.45) is 3.16. The third-order valence-electron chi connectivity index (χ3n) is 4.31. The van der Waals surface area contributed by atoms with Gasteiger partial charge in [-0.1, -0.05) is 6.07 Å². The van der Waals surface area contributed by atoms with Gasteiger partial charge in [-0.05, 0) is 43.7 Å². The summed E-state index contributed by atoms with van der Waals surface area (Å²) in [5.74, 6) is -1.59. The minimum Gasteiger partial charge on any atom is -0.472 e. The molecule has 8 heteroatoms. The molecule has 3 rings (SSSR count). The second-order valence-corrected chi connectivity index (χ2v) is 6.46. The van der Waals surface area contributed by atoms with Gasteiger partial charge in [0.15, 0.2) is 0 Å². The molecule has 0 fully saturated rings. The van der Waals surface area contributed by atoms with E-state index < -0.39 is 17.6 Å². The van der Waals surface area contributed by atoms with E-state index >= 15 is 0 Å². The van der Waals surface area contributed by atoms with E-state index in [2.05, 4.69) is 10.6 Å². The van der Waals surface area contributed by atoms with Crippen LogP contribution in [0.2, 0.25) is 0 Å². The molecule has 0 saturated heterocycles. The van der Waals surface area contributed by atoms with Crippen molar-refractivity contribution in [1.82, 2.24) is 9.88 Å². The number of hydrogen-bond donors (Lipinski definition) is 2. The third-order valence-corrected chi connectivity index (χ3v) is 4.31. The van der Waals surface area contributed by atoms with Gasteiger partial charge in [0.1, 0.15) is 12.1 Å². The molecule has 7 nitrogen and oxygen atoms in total. The van der Waals surface area contributed by atoms with Crippen LogP contribution in [0, 0.1) is 12.7 Å². The molecule has 0 aliphatic carbocycles. The van der Waals surface area contributed by atoms with Crippen molar-refractivity contribution in [2.45, 2.75) is 19.9 Å². The summed E-state index contributed by atoms with van der Waals surface area (Å²) in [5, 5.41) is 5.22. The summed E-state index contributed by atoms with van der Waals surface area (Å²) in [6.45, 7) is 2.61. The molecule has 150 valence electrons. The molecule has 2 aromatic heterocycles. The predicted octanol–water partition coefficient (Wildman–Crippen LogP) is 2.96. The minimum absolute atomic E-state index is 0.0838. The highest BCUT2D eigenvalue weighted by molar-refractivity contribution is 6.04. The van der Waals surface area contributed by atoms with E-state index in [1.165, 1.54) is 30.7 Å². The van der Waals surface area contributed by atoms with Gasteiger partial charge < -0.3 is 19.6 Å². The molecular weight excluding hydrogens is 377 g/mol. The number of pyridine rings is 1. The van der Waals surface area contributed by atoms with E-state index in [1.807, 2.05) is 13.0 Å². The highest BCUT2D eigenvalue weighted by atomic mass is 19.1. The van der Waals surface area contributed by atoms with Crippen LogP contribution in [0.4, 0.5) is 10.1 Å². The highest BCUT2D eigenvalue weighted by Crippen LogP contribution is 2.15. The van der Waals surface area contributed by atoms with Crippen LogP contribution in [0.1, 0.15) is 32.8 Å². The fraction of sp³-hybridized carbons (Fsp3) is 0.190. The highest BCUT2D eigenvalue weighted by Gasteiger charge is 2.12. The van der Waals surface area contributed by atoms with Crippen molar-refractivity contribution >= 4 is 17.5 Å². The number of amides is 2. The number of carbonyl (C=O) groups is 2. The van der Waals surface area contributed by atoms with Gasteiger partial charge in [-0.15, -0.1) is 0 Å². The normalized spacial score (nSPS) is 10.6.